The molecule has 1 aliphatic heterocycles. The van der Waals surface area contributed by atoms with Crippen LogP contribution in [0.15, 0.2) is 24.3 Å². The molecule has 1 saturated heterocycles. The molecule has 3 heteroatoms. The van der Waals surface area contributed by atoms with Gasteiger partial charge in [0.2, 0.25) is 0 Å². The maximum Gasteiger partial charge on any atom is 0.0456 e. The molecule has 2 N–H and O–H groups in total. The van der Waals surface area contributed by atoms with Crippen molar-refractivity contribution in [3.63, 3.8) is 0 Å². The number of fused-ring (bicyclic) bond motifs is 1. The van der Waals surface area contributed by atoms with Crippen LogP contribution in [0.5, 0.6) is 0 Å². The van der Waals surface area contributed by atoms with Gasteiger partial charge in [-0.3, -0.25) is 9.80 Å². The number of nitrogens with two attached hydrogens (primary N) is 1. The Labute approximate surface area is 129 Å². The van der Waals surface area contributed by atoms with Crippen molar-refractivity contribution in [3.8, 4) is 0 Å². The van der Waals surface area contributed by atoms with Crippen molar-refractivity contribution in [3.05, 3.63) is 35.4 Å². The molecule has 21 heavy (non-hydrogen) atoms. The Bertz CT molecular complexity index is 511. The lowest BCUT2D eigenvalue weighted by atomic mass is 9.77. The topological polar surface area (TPSA) is 32.5 Å². The number of benzene rings is 1. The van der Waals surface area contributed by atoms with E-state index < -0.39 is 0 Å². The van der Waals surface area contributed by atoms with Gasteiger partial charge in [-0.1, -0.05) is 31.2 Å². The van der Waals surface area contributed by atoms with Crippen molar-refractivity contribution in [2.24, 2.45) is 5.73 Å². The van der Waals surface area contributed by atoms with Gasteiger partial charge in [0.1, 0.15) is 0 Å². The van der Waals surface area contributed by atoms with Crippen LogP contribution in [0.2, 0.25) is 0 Å². The average molecular weight is 287 g/mol. The summed E-state index contributed by atoms with van der Waals surface area (Å²) in [6, 6.07) is 9.37. The second-order valence-corrected chi connectivity index (χ2v) is 7.56. The van der Waals surface area contributed by atoms with Gasteiger partial charge in [0.15, 0.2) is 0 Å². The molecule has 2 aliphatic rings. The lowest BCUT2D eigenvalue weighted by Gasteiger charge is -2.50. The third-order valence-electron chi connectivity index (χ3n) is 5.71. The number of piperazine rings is 1. The highest BCUT2D eigenvalue weighted by Crippen LogP contribution is 2.39. The molecular formula is C18H29N3. The van der Waals surface area contributed by atoms with E-state index in [2.05, 4.69) is 61.9 Å². The van der Waals surface area contributed by atoms with E-state index in [-0.39, 0.29) is 11.6 Å². The third-order valence-corrected chi connectivity index (χ3v) is 5.71. The summed E-state index contributed by atoms with van der Waals surface area (Å²) < 4.78 is 0. The van der Waals surface area contributed by atoms with Crippen LogP contribution in [0.1, 0.15) is 50.3 Å². The Balaban J connectivity index is 1.85. The zero-order valence-electron chi connectivity index (χ0n) is 13.8. The highest BCUT2D eigenvalue weighted by Gasteiger charge is 2.39. The lowest BCUT2D eigenvalue weighted by molar-refractivity contribution is 0.00470. The van der Waals surface area contributed by atoms with Crippen molar-refractivity contribution in [1.29, 1.82) is 0 Å². The van der Waals surface area contributed by atoms with Crippen LogP contribution in [0.3, 0.4) is 0 Å². The SMILES string of the molecule is CC1CC(N2CCN(C)C(C)(C)C2)C(N)c2ccccc21. The molecule has 116 valence electrons. The van der Waals surface area contributed by atoms with E-state index in [0.29, 0.717) is 12.0 Å². The number of hydrogen-bond donors (Lipinski definition) is 1. The molecule has 0 spiro atoms. The first-order valence-corrected chi connectivity index (χ1v) is 8.20. The molecule has 0 saturated carbocycles. The van der Waals surface area contributed by atoms with Crippen LogP contribution in [0.4, 0.5) is 0 Å². The number of hydrogen-bond acceptors (Lipinski definition) is 3. The molecule has 3 unspecified atom stereocenters. The van der Waals surface area contributed by atoms with Crippen LogP contribution in [0.25, 0.3) is 0 Å². The molecule has 1 aromatic carbocycles. The number of rotatable bonds is 1. The lowest BCUT2D eigenvalue weighted by Crippen LogP contribution is -2.61. The van der Waals surface area contributed by atoms with Crippen molar-refractivity contribution < 1.29 is 0 Å². The first-order valence-electron chi connectivity index (χ1n) is 8.20. The van der Waals surface area contributed by atoms with Crippen LogP contribution >= 0.6 is 0 Å². The first kappa shape index (κ1) is 15.0. The fraction of sp³-hybridized carbons (Fsp3) is 0.667. The van der Waals surface area contributed by atoms with E-state index in [1.165, 1.54) is 17.5 Å². The van der Waals surface area contributed by atoms with Crippen LogP contribution in [-0.2, 0) is 0 Å². The second kappa shape index (κ2) is 5.38. The summed E-state index contributed by atoms with van der Waals surface area (Å²) in [7, 11) is 2.23. The minimum Gasteiger partial charge on any atom is -0.323 e. The minimum absolute atomic E-state index is 0.150. The normalized spacial score (nSPS) is 33.7. The molecule has 3 atom stereocenters. The molecule has 1 aliphatic carbocycles. The summed E-state index contributed by atoms with van der Waals surface area (Å²) >= 11 is 0. The summed E-state index contributed by atoms with van der Waals surface area (Å²) in [6.45, 7) is 10.4. The quantitative estimate of drug-likeness (QED) is 0.862. The monoisotopic (exact) mass is 287 g/mol. The van der Waals surface area contributed by atoms with Gasteiger partial charge in [0, 0.05) is 37.3 Å². The van der Waals surface area contributed by atoms with Gasteiger partial charge in [-0.15, -0.1) is 0 Å². The molecule has 1 fully saturated rings. The zero-order valence-corrected chi connectivity index (χ0v) is 13.8. The molecule has 1 heterocycles. The first-order chi connectivity index (χ1) is 9.90. The van der Waals surface area contributed by atoms with Gasteiger partial charge >= 0.3 is 0 Å². The molecule has 3 rings (SSSR count). The van der Waals surface area contributed by atoms with E-state index in [4.69, 9.17) is 5.73 Å². The molecule has 0 bridgehead atoms. The van der Waals surface area contributed by atoms with Gasteiger partial charge in [-0.25, -0.2) is 0 Å². The van der Waals surface area contributed by atoms with E-state index in [1.54, 1.807) is 0 Å². The van der Waals surface area contributed by atoms with Gasteiger partial charge in [0.05, 0.1) is 0 Å². The minimum atomic E-state index is 0.150. The Morgan fingerprint density at radius 2 is 1.81 bits per heavy atom. The molecule has 1 aromatic rings. The maximum atomic E-state index is 6.65. The van der Waals surface area contributed by atoms with Gasteiger partial charge in [0.25, 0.3) is 0 Å². The average Bonchev–Trinajstić information content (AvgIpc) is 2.46. The summed E-state index contributed by atoms with van der Waals surface area (Å²) in [6.07, 6.45) is 1.18. The predicted octanol–water partition coefficient (Wildman–Crippen LogP) is 2.59. The van der Waals surface area contributed by atoms with E-state index in [1.807, 2.05) is 0 Å². The third kappa shape index (κ3) is 2.63. The fourth-order valence-electron chi connectivity index (χ4n) is 4.04. The van der Waals surface area contributed by atoms with E-state index in [9.17, 15) is 0 Å². The standard InChI is InChI=1S/C18H29N3/c1-13-11-16(17(19)15-8-6-5-7-14(13)15)21-10-9-20(4)18(2,3)12-21/h5-8,13,16-17H,9-12,19H2,1-4H3. The van der Waals surface area contributed by atoms with Crippen molar-refractivity contribution in [2.45, 2.75) is 50.7 Å². The molecular weight excluding hydrogens is 258 g/mol. The van der Waals surface area contributed by atoms with Crippen LogP contribution in [-0.4, -0.2) is 48.1 Å². The summed E-state index contributed by atoms with van der Waals surface area (Å²) in [4.78, 5) is 5.10. The Kier molecular flexibility index (Phi) is 3.85. The molecule has 0 aromatic heterocycles. The highest BCUT2D eigenvalue weighted by atomic mass is 15.3. The molecule has 0 amide bonds. The molecule has 3 nitrogen and oxygen atoms in total. The van der Waals surface area contributed by atoms with E-state index >= 15 is 0 Å². The van der Waals surface area contributed by atoms with E-state index in [0.717, 1.165) is 19.6 Å². The zero-order chi connectivity index (χ0) is 15.2. The summed E-state index contributed by atoms with van der Waals surface area (Å²) in [5.41, 5.74) is 9.70. The number of likely N-dealkylation sites (N-methyl/N-ethyl adjacent to an activating group) is 1. The Morgan fingerprint density at radius 3 is 2.48 bits per heavy atom. The Hall–Kier alpha value is -0.900. The smallest absolute Gasteiger partial charge is 0.0456 e. The summed E-state index contributed by atoms with van der Waals surface area (Å²) in [5.74, 6) is 0.605. The summed E-state index contributed by atoms with van der Waals surface area (Å²) in [5, 5.41) is 0. The Morgan fingerprint density at radius 1 is 1.14 bits per heavy atom. The van der Waals surface area contributed by atoms with Gasteiger partial charge in [-0.2, -0.15) is 0 Å². The van der Waals surface area contributed by atoms with Crippen molar-refractivity contribution in [1.82, 2.24) is 9.80 Å². The largest absolute Gasteiger partial charge is 0.323 e. The van der Waals surface area contributed by atoms with Crippen LogP contribution < -0.4 is 5.73 Å². The van der Waals surface area contributed by atoms with Crippen molar-refractivity contribution in [2.75, 3.05) is 26.7 Å². The fourth-order valence-corrected chi connectivity index (χ4v) is 4.04. The molecule has 0 radical (unpaired) electrons. The predicted molar refractivity (Wildman–Crippen MR) is 88.5 cm³/mol. The maximum absolute atomic E-state index is 6.65. The highest BCUT2D eigenvalue weighted by molar-refractivity contribution is 5.36. The van der Waals surface area contributed by atoms with Crippen molar-refractivity contribution >= 4 is 0 Å². The van der Waals surface area contributed by atoms with Crippen LogP contribution in [0, 0.1) is 0 Å². The second-order valence-electron chi connectivity index (χ2n) is 7.56. The number of nitrogens with zero attached hydrogens (tertiary/aromatic N) is 2. The van der Waals surface area contributed by atoms with Gasteiger partial charge < -0.3 is 5.73 Å². The van der Waals surface area contributed by atoms with Gasteiger partial charge in [-0.05, 0) is 44.4 Å².